The standard InChI is InChI=1S/C14H15F4NO2/c1-3-19(4-2)13(21)8-12(20)9-5-6-10(11(15)7-9)14(16,17)18/h5-7H,3-4,8H2,1-2H3. The molecule has 0 spiro atoms. The summed E-state index contributed by atoms with van der Waals surface area (Å²) in [5, 5.41) is 0. The molecule has 0 heterocycles. The Morgan fingerprint density at radius 3 is 2.14 bits per heavy atom. The number of nitrogens with zero attached hydrogens (tertiary/aromatic N) is 1. The smallest absolute Gasteiger partial charge is 0.343 e. The van der Waals surface area contributed by atoms with E-state index in [-0.39, 0.29) is 5.56 Å². The van der Waals surface area contributed by atoms with Crippen molar-refractivity contribution in [3.05, 3.63) is 35.1 Å². The molecule has 0 unspecified atom stereocenters. The van der Waals surface area contributed by atoms with Gasteiger partial charge in [0, 0.05) is 18.7 Å². The molecule has 0 aliphatic rings. The molecular weight excluding hydrogens is 290 g/mol. The molecule has 1 rings (SSSR count). The van der Waals surface area contributed by atoms with Crippen LogP contribution in [0.2, 0.25) is 0 Å². The molecule has 0 saturated heterocycles. The molecule has 1 aromatic rings. The normalized spacial score (nSPS) is 11.3. The number of benzene rings is 1. The van der Waals surface area contributed by atoms with Gasteiger partial charge in [-0.2, -0.15) is 13.2 Å². The first-order chi connectivity index (χ1) is 9.70. The molecule has 3 nitrogen and oxygen atoms in total. The third-order valence-electron chi connectivity index (χ3n) is 3.02. The molecule has 0 fully saturated rings. The highest BCUT2D eigenvalue weighted by Gasteiger charge is 2.34. The molecule has 0 aliphatic carbocycles. The first-order valence-electron chi connectivity index (χ1n) is 6.38. The van der Waals surface area contributed by atoms with Crippen LogP contribution in [-0.4, -0.2) is 29.7 Å². The number of amides is 1. The van der Waals surface area contributed by atoms with Crippen LogP contribution in [0.1, 0.15) is 36.2 Å². The van der Waals surface area contributed by atoms with Crippen LogP contribution in [0.4, 0.5) is 17.6 Å². The van der Waals surface area contributed by atoms with Gasteiger partial charge >= 0.3 is 6.18 Å². The molecule has 0 radical (unpaired) electrons. The first kappa shape index (κ1) is 17.1. The van der Waals surface area contributed by atoms with Gasteiger partial charge in [-0.25, -0.2) is 4.39 Å². The number of carbonyl (C=O) groups is 2. The number of Topliss-reactive ketones (excluding diaryl/α,β-unsaturated/α-hetero) is 1. The summed E-state index contributed by atoms with van der Waals surface area (Å²) in [7, 11) is 0. The van der Waals surface area contributed by atoms with E-state index >= 15 is 0 Å². The largest absolute Gasteiger partial charge is 0.419 e. The van der Waals surface area contributed by atoms with E-state index in [1.54, 1.807) is 13.8 Å². The highest BCUT2D eigenvalue weighted by atomic mass is 19.4. The Bertz CT molecular complexity index is 536. The van der Waals surface area contributed by atoms with Crippen molar-refractivity contribution in [1.29, 1.82) is 0 Å². The van der Waals surface area contributed by atoms with E-state index in [2.05, 4.69) is 0 Å². The van der Waals surface area contributed by atoms with E-state index in [1.807, 2.05) is 0 Å². The van der Waals surface area contributed by atoms with Crippen molar-refractivity contribution in [2.45, 2.75) is 26.4 Å². The second-order valence-electron chi connectivity index (χ2n) is 4.36. The molecule has 1 aromatic carbocycles. The van der Waals surface area contributed by atoms with E-state index in [1.165, 1.54) is 4.90 Å². The molecule has 0 N–H and O–H groups in total. The number of rotatable bonds is 5. The van der Waals surface area contributed by atoms with Gasteiger partial charge in [-0.15, -0.1) is 0 Å². The summed E-state index contributed by atoms with van der Waals surface area (Å²) < 4.78 is 50.6. The summed E-state index contributed by atoms with van der Waals surface area (Å²) in [6, 6.07) is 1.90. The number of carbonyl (C=O) groups excluding carboxylic acids is 2. The molecule has 116 valence electrons. The maximum Gasteiger partial charge on any atom is 0.419 e. The monoisotopic (exact) mass is 305 g/mol. The van der Waals surface area contributed by atoms with E-state index in [0.717, 1.165) is 6.07 Å². The Hall–Kier alpha value is -1.92. The Morgan fingerprint density at radius 2 is 1.71 bits per heavy atom. The number of alkyl halides is 3. The Kier molecular flexibility index (Phi) is 5.46. The van der Waals surface area contributed by atoms with Gasteiger partial charge in [0.1, 0.15) is 5.82 Å². The van der Waals surface area contributed by atoms with Gasteiger partial charge in [-0.1, -0.05) is 6.07 Å². The maximum atomic E-state index is 13.4. The molecule has 0 atom stereocenters. The third-order valence-corrected chi connectivity index (χ3v) is 3.02. The zero-order chi connectivity index (χ0) is 16.2. The summed E-state index contributed by atoms with van der Waals surface area (Å²) in [5.74, 6) is -2.67. The summed E-state index contributed by atoms with van der Waals surface area (Å²) in [6.07, 6.45) is -5.31. The lowest BCUT2D eigenvalue weighted by molar-refractivity contribution is -0.140. The molecule has 0 bridgehead atoms. The van der Waals surface area contributed by atoms with Gasteiger partial charge in [-0.3, -0.25) is 9.59 Å². The van der Waals surface area contributed by atoms with Gasteiger partial charge in [0.2, 0.25) is 5.91 Å². The maximum absolute atomic E-state index is 13.4. The molecule has 1 amide bonds. The van der Waals surface area contributed by atoms with Crippen molar-refractivity contribution in [1.82, 2.24) is 4.90 Å². The zero-order valence-corrected chi connectivity index (χ0v) is 11.6. The van der Waals surface area contributed by atoms with Gasteiger partial charge in [-0.05, 0) is 26.0 Å². The topological polar surface area (TPSA) is 37.4 Å². The summed E-state index contributed by atoms with van der Waals surface area (Å²) in [6.45, 7) is 4.32. The van der Waals surface area contributed by atoms with Crippen molar-refractivity contribution in [2.24, 2.45) is 0 Å². The minimum absolute atomic E-state index is 0.249. The lowest BCUT2D eigenvalue weighted by Crippen LogP contribution is -2.32. The highest BCUT2D eigenvalue weighted by molar-refractivity contribution is 6.07. The molecule has 0 aromatic heterocycles. The van der Waals surface area contributed by atoms with Gasteiger partial charge < -0.3 is 4.90 Å². The second-order valence-corrected chi connectivity index (χ2v) is 4.36. The minimum atomic E-state index is -4.82. The number of hydrogen-bond donors (Lipinski definition) is 0. The van der Waals surface area contributed by atoms with Crippen LogP contribution in [0.15, 0.2) is 18.2 Å². The Labute approximate surface area is 119 Å². The molecular formula is C14H15F4NO2. The van der Waals surface area contributed by atoms with Crippen molar-refractivity contribution >= 4 is 11.7 Å². The van der Waals surface area contributed by atoms with E-state index in [0.29, 0.717) is 25.2 Å². The van der Waals surface area contributed by atoms with Gasteiger partial charge in [0.15, 0.2) is 5.78 Å². The quantitative estimate of drug-likeness (QED) is 0.475. The number of halogens is 4. The predicted octanol–water partition coefficient (Wildman–Crippen LogP) is 3.29. The summed E-state index contributed by atoms with van der Waals surface area (Å²) in [4.78, 5) is 25.0. The van der Waals surface area contributed by atoms with Gasteiger partial charge in [0.05, 0.1) is 12.0 Å². The van der Waals surface area contributed by atoms with E-state index in [4.69, 9.17) is 0 Å². The second kappa shape index (κ2) is 6.69. The van der Waals surface area contributed by atoms with Crippen molar-refractivity contribution in [3.8, 4) is 0 Å². The van der Waals surface area contributed by atoms with Crippen LogP contribution in [0, 0.1) is 5.82 Å². The average molecular weight is 305 g/mol. The van der Waals surface area contributed by atoms with Crippen LogP contribution < -0.4 is 0 Å². The molecule has 0 aliphatic heterocycles. The zero-order valence-electron chi connectivity index (χ0n) is 11.6. The highest BCUT2D eigenvalue weighted by Crippen LogP contribution is 2.31. The molecule has 21 heavy (non-hydrogen) atoms. The Balaban J connectivity index is 2.90. The van der Waals surface area contributed by atoms with Crippen molar-refractivity contribution < 1.29 is 27.2 Å². The van der Waals surface area contributed by atoms with Crippen molar-refractivity contribution in [2.75, 3.05) is 13.1 Å². The van der Waals surface area contributed by atoms with Crippen LogP contribution in [0.5, 0.6) is 0 Å². The summed E-state index contributed by atoms with van der Waals surface area (Å²) >= 11 is 0. The van der Waals surface area contributed by atoms with E-state index in [9.17, 15) is 27.2 Å². The fourth-order valence-corrected chi connectivity index (χ4v) is 1.85. The third kappa shape index (κ3) is 4.27. The van der Waals surface area contributed by atoms with Gasteiger partial charge in [0.25, 0.3) is 0 Å². The van der Waals surface area contributed by atoms with Crippen LogP contribution in [0.3, 0.4) is 0 Å². The fraction of sp³-hybridized carbons (Fsp3) is 0.429. The average Bonchev–Trinajstić information content (AvgIpc) is 2.38. The van der Waals surface area contributed by atoms with Crippen LogP contribution in [0.25, 0.3) is 0 Å². The Morgan fingerprint density at radius 1 is 1.14 bits per heavy atom. The number of ketones is 1. The molecule has 0 saturated carbocycles. The van der Waals surface area contributed by atoms with Crippen LogP contribution >= 0.6 is 0 Å². The predicted molar refractivity (Wildman–Crippen MR) is 68.3 cm³/mol. The van der Waals surface area contributed by atoms with E-state index < -0.39 is 35.7 Å². The lowest BCUT2D eigenvalue weighted by atomic mass is 10.0. The molecule has 7 heteroatoms. The van der Waals surface area contributed by atoms with Crippen molar-refractivity contribution in [3.63, 3.8) is 0 Å². The first-order valence-corrected chi connectivity index (χ1v) is 6.38. The minimum Gasteiger partial charge on any atom is -0.343 e. The summed E-state index contributed by atoms with van der Waals surface area (Å²) in [5.41, 5.74) is -1.69. The SMILES string of the molecule is CCN(CC)C(=O)CC(=O)c1ccc(C(F)(F)F)c(F)c1. The van der Waals surface area contributed by atoms with Crippen LogP contribution in [-0.2, 0) is 11.0 Å². The fourth-order valence-electron chi connectivity index (χ4n) is 1.85. The number of hydrogen-bond acceptors (Lipinski definition) is 2. The lowest BCUT2D eigenvalue weighted by Gasteiger charge is -2.18.